The Morgan fingerprint density at radius 3 is 2.62 bits per heavy atom. The minimum Gasteiger partial charge on any atom is -0.492 e. The second-order valence-electron chi connectivity index (χ2n) is 4.58. The number of nitro benzene ring substituents is 1. The summed E-state index contributed by atoms with van der Waals surface area (Å²) < 4.78 is 10.6. The molecular weight excluding hydrogens is 274 g/mol. The van der Waals surface area contributed by atoms with Gasteiger partial charge in [0.2, 0.25) is 0 Å². The normalized spacial score (nSPS) is 10.6. The van der Waals surface area contributed by atoms with Crippen molar-refractivity contribution in [2.24, 2.45) is 0 Å². The van der Waals surface area contributed by atoms with Crippen molar-refractivity contribution in [3.63, 3.8) is 0 Å². The van der Waals surface area contributed by atoms with Crippen LogP contribution in [0.15, 0.2) is 28.8 Å². The number of aryl methyl sites for hydroxylation is 2. The van der Waals surface area contributed by atoms with Gasteiger partial charge in [0.15, 0.2) is 0 Å². The zero-order valence-corrected chi connectivity index (χ0v) is 12.0. The fraction of sp³-hybridized carbons (Fsp3) is 0.357. The van der Waals surface area contributed by atoms with Gasteiger partial charge in [-0.2, -0.15) is 0 Å². The molecule has 0 saturated heterocycles. The van der Waals surface area contributed by atoms with Crippen LogP contribution < -0.4 is 10.1 Å². The van der Waals surface area contributed by atoms with Crippen molar-refractivity contribution in [2.45, 2.75) is 20.4 Å². The van der Waals surface area contributed by atoms with Crippen LogP contribution in [-0.2, 0) is 6.54 Å². The van der Waals surface area contributed by atoms with Gasteiger partial charge in [0.05, 0.1) is 10.6 Å². The molecule has 0 bridgehead atoms. The summed E-state index contributed by atoms with van der Waals surface area (Å²) in [5.41, 5.74) is 2.00. The van der Waals surface area contributed by atoms with Gasteiger partial charge in [-0.25, -0.2) is 0 Å². The molecule has 2 aromatic rings. The van der Waals surface area contributed by atoms with Gasteiger partial charge < -0.3 is 14.6 Å². The van der Waals surface area contributed by atoms with Gasteiger partial charge in [0, 0.05) is 30.8 Å². The van der Waals surface area contributed by atoms with E-state index in [1.807, 2.05) is 13.8 Å². The van der Waals surface area contributed by atoms with E-state index in [9.17, 15) is 10.1 Å². The molecule has 0 unspecified atom stereocenters. The second kappa shape index (κ2) is 6.85. The van der Waals surface area contributed by atoms with Crippen molar-refractivity contribution in [1.82, 2.24) is 10.5 Å². The molecule has 1 N–H and O–H groups in total. The van der Waals surface area contributed by atoms with Gasteiger partial charge >= 0.3 is 0 Å². The third kappa shape index (κ3) is 4.03. The van der Waals surface area contributed by atoms with Crippen molar-refractivity contribution in [1.29, 1.82) is 0 Å². The molecule has 0 aliphatic heterocycles. The molecule has 112 valence electrons. The second-order valence-corrected chi connectivity index (χ2v) is 4.58. The van der Waals surface area contributed by atoms with Crippen LogP contribution in [0.25, 0.3) is 0 Å². The van der Waals surface area contributed by atoms with Crippen LogP contribution in [0, 0.1) is 24.0 Å². The number of nitro groups is 1. The topological polar surface area (TPSA) is 90.4 Å². The van der Waals surface area contributed by atoms with Crippen molar-refractivity contribution in [3.05, 3.63) is 51.4 Å². The Morgan fingerprint density at radius 1 is 1.33 bits per heavy atom. The highest BCUT2D eigenvalue weighted by Gasteiger charge is 2.08. The molecule has 1 heterocycles. The van der Waals surface area contributed by atoms with Gasteiger partial charge in [0.25, 0.3) is 5.69 Å². The highest BCUT2D eigenvalue weighted by atomic mass is 16.6. The Balaban J connectivity index is 1.71. The first kappa shape index (κ1) is 15.0. The van der Waals surface area contributed by atoms with Gasteiger partial charge in [-0.15, -0.1) is 0 Å². The van der Waals surface area contributed by atoms with Gasteiger partial charge in [0.1, 0.15) is 18.1 Å². The average Bonchev–Trinajstić information content (AvgIpc) is 2.79. The van der Waals surface area contributed by atoms with E-state index >= 15 is 0 Å². The molecule has 21 heavy (non-hydrogen) atoms. The standard InChI is InChI=1S/C14H17N3O4/c1-10-14(11(2)21-16-10)9-15-7-8-20-13-5-3-12(4-6-13)17(18)19/h3-6,15H,7-9H2,1-2H3. The van der Waals surface area contributed by atoms with E-state index < -0.39 is 4.92 Å². The van der Waals surface area contributed by atoms with E-state index in [0.29, 0.717) is 25.4 Å². The first-order chi connectivity index (χ1) is 10.1. The number of hydrogen-bond acceptors (Lipinski definition) is 6. The van der Waals surface area contributed by atoms with Crippen LogP contribution in [0.3, 0.4) is 0 Å². The van der Waals surface area contributed by atoms with E-state index in [4.69, 9.17) is 9.26 Å². The highest BCUT2D eigenvalue weighted by Crippen LogP contribution is 2.17. The number of non-ortho nitro benzene ring substituents is 1. The van der Waals surface area contributed by atoms with E-state index in [0.717, 1.165) is 17.0 Å². The number of ether oxygens (including phenoxy) is 1. The monoisotopic (exact) mass is 291 g/mol. The maximum Gasteiger partial charge on any atom is 0.269 e. The number of aromatic nitrogens is 1. The van der Waals surface area contributed by atoms with Gasteiger partial charge in [-0.3, -0.25) is 10.1 Å². The predicted molar refractivity (Wildman–Crippen MR) is 76.3 cm³/mol. The predicted octanol–water partition coefficient (Wildman–Crippen LogP) is 2.37. The molecule has 0 spiro atoms. The minimum absolute atomic E-state index is 0.0545. The summed E-state index contributed by atoms with van der Waals surface area (Å²) in [6, 6.07) is 6.03. The summed E-state index contributed by atoms with van der Waals surface area (Å²) in [6.45, 7) is 5.58. The summed E-state index contributed by atoms with van der Waals surface area (Å²) >= 11 is 0. The highest BCUT2D eigenvalue weighted by molar-refractivity contribution is 5.35. The quantitative estimate of drug-likeness (QED) is 0.478. The lowest BCUT2D eigenvalue weighted by Crippen LogP contribution is -2.21. The number of hydrogen-bond donors (Lipinski definition) is 1. The summed E-state index contributed by atoms with van der Waals surface area (Å²) in [5.74, 6) is 1.43. The first-order valence-electron chi connectivity index (χ1n) is 6.57. The summed E-state index contributed by atoms with van der Waals surface area (Å²) in [6.07, 6.45) is 0. The fourth-order valence-corrected chi connectivity index (χ4v) is 1.87. The lowest BCUT2D eigenvalue weighted by Gasteiger charge is -2.07. The van der Waals surface area contributed by atoms with Crippen LogP contribution in [0.5, 0.6) is 5.75 Å². The Morgan fingerprint density at radius 2 is 2.05 bits per heavy atom. The third-order valence-electron chi connectivity index (χ3n) is 3.08. The zero-order chi connectivity index (χ0) is 15.2. The Labute approximate surface area is 122 Å². The molecule has 0 fully saturated rings. The lowest BCUT2D eigenvalue weighted by atomic mass is 10.2. The van der Waals surface area contributed by atoms with E-state index in [-0.39, 0.29) is 5.69 Å². The molecule has 0 radical (unpaired) electrons. The number of benzene rings is 1. The fourth-order valence-electron chi connectivity index (χ4n) is 1.87. The van der Waals surface area contributed by atoms with Crippen LogP contribution in [0.2, 0.25) is 0 Å². The van der Waals surface area contributed by atoms with Crippen LogP contribution in [-0.4, -0.2) is 23.2 Å². The zero-order valence-electron chi connectivity index (χ0n) is 12.0. The third-order valence-corrected chi connectivity index (χ3v) is 3.08. The Hall–Kier alpha value is -2.41. The summed E-state index contributed by atoms with van der Waals surface area (Å²) in [7, 11) is 0. The van der Waals surface area contributed by atoms with Gasteiger partial charge in [-0.05, 0) is 26.0 Å². The first-order valence-corrected chi connectivity index (χ1v) is 6.57. The van der Waals surface area contributed by atoms with Crippen molar-refractivity contribution >= 4 is 5.69 Å². The molecule has 0 aliphatic rings. The average molecular weight is 291 g/mol. The molecule has 1 aromatic heterocycles. The van der Waals surface area contributed by atoms with Crippen molar-refractivity contribution in [3.8, 4) is 5.75 Å². The largest absolute Gasteiger partial charge is 0.492 e. The number of nitrogens with zero attached hydrogens (tertiary/aromatic N) is 2. The molecule has 0 saturated carbocycles. The maximum absolute atomic E-state index is 10.5. The summed E-state index contributed by atoms with van der Waals surface area (Å²) in [4.78, 5) is 10.1. The smallest absolute Gasteiger partial charge is 0.269 e. The molecule has 7 nitrogen and oxygen atoms in total. The molecular formula is C14H17N3O4. The van der Waals surface area contributed by atoms with Crippen LogP contribution >= 0.6 is 0 Å². The molecule has 0 aliphatic carbocycles. The van der Waals surface area contributed by atoms with E-state index in [1.165, 1.54) is 12.1 Å². The Kier molecular flexibility index (Phi) is 4.89. The molecule has 2 rings (SSSR count). The minimum atomic E-state index is -0.436. The SMILES string of the molecule is Cc1noc(C)c1CNCCOc1ccc([N+](=O)[O-])cc1. The van der Waals surface area contributed by atoms with Crippen LogP contribution in [0.4, 0.5) is 5.69 Å². The molecule has 0 amide bonds. The van der Waals surface area contributed by atoms with Crippen molar-refractivity contribution in [2.75, 3.05) is 13.2 Å². The van der Waals surface area contributed by atoms with E-state index in [2.05, 4.69) is 10.5 Å². The maximum atomic E-state index is 10.5. The Bertz CT molecular complexity index is 588. The molecule has 1 aromatic carbocycles. The van der Waals surface area contributed by atoms with E-state index in [1.54, 1.807) is 12.1 Å². The number of rotatable bonds is 7. The molecule has 7 heteroatoms. The number of nitrogens with one attached hydrogen (secondary N) is 1. The van der Waals surface area contributed by atoms with Crippen molar-refractivity contribution < 1.29 is 14.2 Å². The van der Waals surface area contributed by atoms with Crippen LogP contribution in [0.1, 0.15) is 17.0 Å². The molecule has 0 atom stereocenters. The van der Waals surface area contributed by atoms with Gasteiger partial charge in [-0.1, -0.05) is 5.16 Å². The summed E-state index contributed by atoms with van der Waals surface area (Å²) in [5, 5.41) is 17.6. The lowest BCUT2D eigenvalue weighted by molar-refractivity contribution is -0.384.